The van der Waals surface area contributed by atoms with E-state index < -0.39 is 10.0 Å². The van der Waals surface area contributed by atoms with E-state index in [2.05, 4.69) is 9.71 Å². The van der Waals surface area contributed by atoms with E-state index in [9.17, 15) is 8.42 Å². The average Bonchev–Trinajstić information content (AvgIpc) is 2.42. The normalized spacial score (nSPS) is 10.8. The molecule has 0 fully saturated rings. The number of sulfonamides is 1. The monoisotopic (exact) mass is 308 g/mol. The Hall–Kier alpha value is -2.30. The van der Waals surface area contributed by atoms with Gasteiger partial charge in [-0.3, -0.25) is 4.72 Å². The fraction of sp³-hybridized carbons (Fsp3) is 0. The van der Waals surface area contributed by atoms with Crippen LogP contribution in [0, 0.1) is 11.3 Å². The van der Waals surface area contributed by atoms with Gasteiger partial charge in [-0.15, -0.1) is 0 Å². The lowest BCUT2D eigenvalue weighted by molar-refractivity contribution is 0.600. The highest BCUT2D eigenvalue weighted by atomic mass is 35.5. The fourth-order valence-corrected chi connectivity index (χ4v) is 2.87. The molecule has 0 radical (unpaired) electrons. The van der Waals surface area contributed by atoms with Crippen molar-refractivity contribution < 1.29 is 8.42 Å². The number of halogens is 1. The molecule has 8 heteroatoms. The van der Waals surface area contributed by atoms with E-state index in [1.807, 2.05) is 0 Å². The first-order valence-electron chi connectivity index (χ1n) is 5.37. The van der Waals surface area contributed by atoms with Crippen LogP contribution >= 0.6 is 11.6 Å². The van der Waals surface area contributed by atoms with Crippen LogP contribution in [0.4, 0.5) is 11.4 Å². The Bertz CT molecular complexity index is 799. The molecule has 0 aliphatic carbocycles. The van der Waals surface area contributed by atoms with E-state index in [0.29, 0.717) is 5.02 Å². The number of benzene rings is 1. The summed E-state index contributed by atoms with van der Waals surface area (Å²) in [5, 5.41) is 9.23. The number of hydrogen-bond donors (Lipinski definition) is 2. The summed E-state index contributed by atoms with van der Waals surface area (Å²) in [6.07, 6.45) is 1.34. The van der Waals surface area contributed by atoms with Crippen LogP contribution in [0.2, 0.25) is 5.02 Å². The molecule has 1 heterocycles. The summed E-state index contributed by atoms with van der Waals surface area (Å²) in [6.45, 7) is 0. The highest BCUT2D eigenvalue weighted by Gasteiger charge is 2.20. The molecule has 0 aliphatic rings. The zero-order chi connectivity index (χ0) is 14.8. The maximum Gasteiger partial charge on any atom is 0.264 e. The number of nitrogen functional groups attached to an aromatic ring is 1. The first kappa shape index (κ1) is 14.1. The van der Waals surface area contributed by atoms with Crippen LogP contribution in [-0.2, 0) is 10.0 Å². The molecular formula is C12H9ClN4O2S. The van der Waals surface area contributed by atoms with Crippen LogP contribution in [0.15, 0.2) is 41.4 Å². The third-order valence-corrected chi connectivity index (χ3v) is 4.06. The predicted octanol–water partition coefficient (Wildman–Crippen LogP) is 1.99. The Morgan fingerprint density at radius 2 is 2.10 bits per heavy atom. The molecule has 2 aromatic rings. The Labute approximate surface area is 120 Å². The molecule has 3 N–H and O–H groups in total. The van der Waals surface area contributed by atoms with E-state index in [-0.39, 0.29) is 22.0 Å². The van der Waals surface area contributed by atoms with Gasteiger partial charge in [-0.1, -0.05) is 11.6 Å². The van der Waals surface area contributed by atoms with Crippen molar-refractivity contribution in [1.82, 2.24) is 4.98 Å². The van der Waals surface area contributed by atoms with Crippen molar-refractivity contribution in [2.24, 2.45) is 0 Å². The van der Waals surface area contributed by atoms with E-state index in [1.165, 1.54) is 30.5 Å². The lowest BCUT2D eigenvalue weighted by Crippen LogP contribution is -2.16. The molecular weight excluding hydrogens is 300 g/mol. The summed E-state index contributed by atoms with van der Waals surface area (Å²) < 4.78 is 26.8. The van der Waals surface area contributed by atoms with Crippen LogP contribution in [0.1, 0.15) is 5.69 Å². The van der Waals surface area contributed by atoms with Gasteiger partial charge in [0.15, 0.2) is 5.69 Å². The summed E-state index contributed by atoms with van der Waals surface area (Å²) in [6, 6.07) is 8.85. The number of nitrogens with two attached hydrogens (primary N) is 1. The minimum atomic E-state index is -3.97. The van der Waals surface area contributed by atoms with Crippen molar-refractivity contribution in [1.29, 1.82) is 5.26 Å². The smallest absolute Gasteiger partial charge is 0.264 e. The van der Waals surface area contributed by atoms with Gasteiger partial charge < -0.3 is 5.73 Å². The number of rotatable bonds is 3. The maximum absolute atomic E-state index is 12.2. The fourth-order valence-electron chi connectivity index (χ4n) is 1.51. The highest BCUT2D eigenvalue weighted by molar-refractivity contribution is 7.92. The Balaban J connectivity index is 2.47. The van der Waals surface area contributed by atoms with Gasteiger partial charge in [-0.2, -0.15) is 5.26 Å². The molecule has 0 saturated carbocycles. The van der Waals surface area contributed by atoms with Gasteiger partial charge in [-0.25, -0.2) is 13.4 Å². The zero-order valence-electron chi connectivity index (χ0n) is 10.0. The van der Waals surface area contributed by atoms with Gasteiger partial charge in [0, 0.05) is 11.2 Å². The number of pyridine rings is 1. The predicted molar refractivity (Wildman–Crippen MR) is 75.6 cm³/mol. The number of aromatic nitrogens is 1. The van der Waals surface area contributed by atoms with Crippen LogP contribution in [0.25, 0.3) is 0 Å². The Morgan fingerprint density at radius 3 is 2.80 bits per heavy atom. The number of nitrogens with one attached hydrogen (secondary N) is 1. The summed E-state index contributed by atoms with van der Waals surface area (Å²) in [4.78, 5) is 3.49. The van der Waals surface area contributed by atoms with Gasteiger partial charge >= 0.3 is 0 Å². The summed E-state index contributed by atoms with van der Waals surface area (Å²) >= 11 is 5.80. The van der Waals surface area contributed by atoms with E-state index in [0.717, 1.165) is 0 Å². The molecule has 0 saturated heterocycles. The lowest BCUT2D eigenvalue weighted by atomic mass is 10.3. The SMILES string of the molecule is N#Cc1ncccc1S(=O)(=O)Nc1cc(Cl)ccc1N. The minimum absolute atomic E-state index is 0.144. The van der Waals surface area contributed by atoms with Crippen molar-refractivity contribution in [3.8, 4) is 6.07 Å². The first-order valence-corrected chi connectivity index (χ1v) is 7.23. The number of nitrogens with zero attached hydrogens (tertiary/aromatic N) is 2. The zero-order valence-corrected chi connectivity index (χ0v) is 11.6. The number of anilines is 2. The third-order valence-electron chi connectivity index (χ3n) is 2.43. The summed E-state index contributed by atoms with van der Waals surface area (Å²) in [5.74, 6) is 0. The molecule has 102 valence electrons. The molecule has 0 unspecified atom stereocenters. The summed E-state index contributed by atoms with van der Waals surface area (Å²) in [7, 11) is -3.97. The summed E-state index contributed by atoms with van der Waals surface area (Å²) in [5.41, 5.74) is 5.85. The molecule has 0 amide bonds. The second-order valence-electron chi connectivity index (χ2n) is 3.80. The minimum Gasteiger partial charge on any atom is -0.397 e. The molecule has 6 nitrogen and oxygen atoms in total. The van der Waals surface area contributed by atoms with Crippen LogP contribution in [0.5, 0.6) is 0 Å². The van der Waals surface area contributed by atoms with Gasteiger partial charge in [0.1, 0.15) is 11.0 Å². The highest BCUT2D eigenvalue weighted by Crippen LogP contribution is 2.26. The van der Waals surface area contributed by atoms with Crippen molar-refractivity contribution in [3.63, 3.8) is 0 Å². The molecule has 0 aliphatic heterocycles. The standard InChI is InChI=1S/C12H9ClN4O2S/c13-8-3-4-9(15)10(6-8)17-20(18,19)12-2-1-5-16-11(12)7-14/h1-6,17H,15H2. The molecule has 20 heavy (non-hydrogen) atoms. The van der Waals surface area contributed by atoms with Gasteiger partial charge in [0.05, 0.1) is 11.4 Å². The second-order valence-corrected chi connectivity index (χ2v) is 5.89. The average molecular weight is 309 g/mol. The molecule has 1 aromatic heterocycles. The van der Waals surface area contributed by atoms with Crippen molar-refractivity contribution in [3.05, 3.63) is 47.2 Å². The quantitative estimate of drug-likeness (QED) is 0.843. The van der Waals surface area contributed by atoms with Crippen LogP contribution in [-0.4, -0.2) is 13.4 Å². The van der Waals surface area contributed by atoms with Gasteiger partial charge in [0.25, 0.3) is 10.0 Å². The van der Waals surface area contributed by atoms with Crippen LogP contribution < -0.4 is 10.5 Å². The molecule has 0 bridgehead atoms. The topological polar surface area (TPSA) is 109 Å². The Morgan fingerprint density at radius 1 is 1.35 bits per heavy atom. The van der Waals surface area contributed by atoms with E-state index in [1.54, 1.807) is 12.1 Å². The molecule has 0 atom stereocenters. The van der Waals surface area contributed by atoms with E-state index >= 15 is 0 Å². The van der Waals surface area contributed by atoms with Gasteiger partial charge in [0.2, 0.25) is 0 Å². The van der Waals surface area contributed by atoms with E-state index in [4.69, 9.17) is 22.6 Å². The second kappa shape index (κ2) is 5.36. The van der Waals surface area contributed by atoms with Gasteiger partial charge in [-0.05, 0) is 30.3 Å². The van der Waals surface area contributed by atoms with Crippen LogP contribution in [0.3, 0.4) is 0 Å². The molecule has 0 spiro atoms. The van der Waals surface area contributed by atoms with Crippen molar-refractivity contribution >= 4 is 33.0 Å². The Kier molecular flexibility index (Phi) is 3.79. The van der Waals surface area contributed by atoms with Crippen molar-refractivity contribution in [2.75, 3.05) is 10.5 Å². The number of nitriles is 1. The third kappa shape index (κ3) is 2.82. The molecule has 2 rings (SSSR count). The largest absolute Gasteiger partial charge is 0.397 e. The first-order chi connectivity index (χ1) is 9.44. The van der Waals surface area contributed by atoms with Crippen molar-refractivity contribution in [2.45, 2.75) is 4.90 Å². The number of hydrogen-bond acceptors (Lipinski definition) is 5. The molecule has 1 aromatic carbocycles. The lowest BCUT2D eigenvalue weighted by Gasteiger charge is -2.11. The maximum atomic E-state index is 12.2.